The van der Waals surface area contributed by atoms with E-state index >= 15 is 0 Å². The van der Waals surface area contributed by atoms with E-state index in [-0.39, 0.29) is 18.2 Å². The second kappa shape index (κ2) is 7.09. The number of rotatable bonds is 5. The van der Waals surface area contributed by atoms with Crippen molar-refractivity contribution in [1.29, 1.82) is 0 Å². The number of ketones is 1. The van der Waals surface area contributed by atoms with Crippen LogP contribution < -0.4 is 23.9 Å². The van der Waals surface area contributed by atoms with E-state index in [1.165, 1.54) is 0 Å². The summed E-state index contributed by atoms with van der Waals surface area (Å²) in [6.07, 6.45) is 0. The van der Waals surface area contributed by atoms with Crippen LogP contribution >= 0.6 is 15.9 Å². The Kier molecular flexibility index (Phi) is 6.84. The number of carbonyl (C=O) groups is 1. The number of benzene rings is 1. The van der Waals surface area contributed by atoms with Gasteiger partial charge in [0.2, 0.25) is 5.78 Å². The first-order valence-electron chi connectivity index (χ1n) is 5.46. The van der Waals surface area contributed by atoms with Crippen molar-refractivity contribution in [3.8, 4) is 0 Å². The number of hydrogen-bond donors (Lipinski definition) is 2. The van der Waals surface area contributed by atoms with E-state index in [1.54, 1.807) is 18.2 Å². The summed E-state index contributed by atoms with van der Waals surface area (Å²) < 4.78 is 1.35. The van der Waals surface area contributed by atoms with E-state index in [0.29, 0.717) is 28.8 Å². The molecule has 0 aliphatic heterocycles. The van der Waals surface area contributed by atoms with Crippen LogP contribution in [0, 0.1) is 0 Å². The van der Waals surface area contributed by atoms with Gasteiger partial charge >= 0.3 is 0 Å². The Labute approximate surface area is 122 Å². The SMILES string of the molecule is C[N+](C)(CCN)CC(=O)c1ccc(N)c(Br)c1.[Cl-]. The molecule has 0 heterocycles. The summed E-state index contributed by atoms with van der Waals surface area (Å²) >= 11 is 3.32. The molecule has 0 amide bonds. The second-order valence-electron chi connectivity index (χ2n) is 4.77. The van der Waals surface area contributed by atoms with E-state index in [9.17, 15) is 4.79 Å². The molecule has 6 heteroatoms. The third kappa shape index (κ3) is 4.94. The summed E-state index contributed by atoms with van der Waals surface area (Å²) in [5.74, 6) is 0.101. The van der Waals surface area contributed by atoms with E-state index in [4.69, 9.17) is 11.5 Å². The highest BCUT2D eigenvalue weighted by Gasteiger charge is 2.20. The van der Waals surface area contributed by atoms with Crippen LogP contribution in [-0.4, -0.2) is 44.0 Å². The fourth-order valence-electron chi connectivity index (χ4n) is 1.61. The molecule has 0 unspecified atom stereocenters. The first-order valence-corrected chi connectivity index (χ1v) is 6.25. The van der Waals surface area contributed by atoms with Gasteiger partial charge in [-0.25, -0.2) is 0 Å². The lowest BCUT2D eigenvalue weighted by molar-refractivity contribution is -0.880. The molecule has 0 aliphatic rings. The second-order valence-corrected chi connectivity index (χ2v) is 5.62. The molecule has 4 nitrogen and oxygen atoms in total. The lowest BCUT2D eigenvalue weighted by Gasteiger charge is -2.28. The summed E-state index contributed by atoms with van der Waals surface area (Å²) in [7, 11) is 3.99. The van der Waals surface area contributed by atoms with Gasteiger partial charge < -0.3 is 28.4 Å². The van der Waals surface area contributed by atoms with Gasteiger partial charge in [0, 0.05) is 22.3 Å². The van der Waals surface area contributed by atoms with Crippen molar-refractivity contribution in [3.05, 3.63) is 28.2 Å². The zero-order valence-corrected chi connectivity index (χ0v) is 13.0. The highest BCUT2D eigenvalue weighted by atomic mass is 79.9. The predicted octanol–water partition coefficient (Wildman–Crippen LogP) is -1.75. The van der Waals surface area contributed by atoms with Crippen molar-refractivity contribution in [2.75, 3.05) is 39.5 Å². The molecule has 1 aromatic rings. The molecule has 0 bridgehead atoms. The number of Topliss-reactive ketones (excluding diaryl/α,β-unsaturated/α-hetero) is 1. The molecule has 4 N–H and O–H groups in total. The fraction of sp³-hybridized carbons (Fsp3) is 0.417. The Balaban J connectivity index is 0.00000289. The Morgan fingerprint density at radius 1 is 1.39 bits per heavy atom. The molecule has 18 heavy (non-hydrogen) atoms. The van der Waals surface area contributed by atoms with Crippen molar-refractivity contribution in [2.24, 2.45) is 5.73 Å². The number of quaternary nitrogens is 1. The van der Waals surface area contributed by atoms with Gasteiger partial charge in [-0.2, -0.15) is 0 Å². The van der Waals surface area contributed by atoms with Gasteiger partial charge in [0.05, 0.1) is 20.6 Å². The maximum absolute atomic E-state index is 12.1. The topological polar surface area (TPSA) is 69.1 Å². The molecule has 0 saturated carbocycles. The minimum absolute atomic E-state index is 0. The van der Waals surface area contributed by atoms with Crippen molar-refractivity contribution >= 4 is 27.4 Å². The minimum Gasteiger partial charge on any atom is -1.00 e. The number of halogens is 2. The summed E-state index contributed by atoms with van der Waals surface area (Å²) in [5.41, 5.74) is 12.5. The van der Waals surface area contributed by atoms with Gasteiger partial charge in [-0.1, -0.05) is 0 Å². The van der Waals surface area contributed by atoms with E-state index < -0.39 is 0 Å². The van der Waals surface area contributed by atoms with Gasteiger partial charge in [-0.15, -0.1) is 0 Å². The number of nitrogens with two attached hydrogens (primary N) is 2. The molecule has 0 fully saturated rings. The molecular weight excluding hydrogens is 318 g/mol. The van der Waals surface area contributed by atoms with Crippen molar-refractivity contribution in [2.45, 2.75) is 0 Å². The minimum atomic E-state index is 0. The van der Waals surface area contributed by atoms with Gasteiger partial charge in [-0.05, 0) is 34.1 Å². The van der Waals surface area contributed by atoms with E-state index in [1.807, 2.05) is 14.1 Å². The average Bonchev–Trinajstić information content (AvgIpc) is 2.21. The van der Waals surface area contributed by atoms with E-state index in [2.05, 4.69) is 15.9 Å². The smallest absolute Gasteiger partial charge is 0.216 e. The Morgan fingerprint density at radius 2 is 2.00 bits per heavy atom. The zero-order chi connectivity index (χ0) is 13.1. The molecule has 0 saturated heterocycles. The van der Waals surface area contributed by atoms with Crippen LogP contribution in [0.2, 0.25) is 0 Å². The van der Waals surface area contributed by atoms with Crippen LogP contribution in [-0.2, 0) is 0 Å². The maximum Gasteiger partial charge on any atom is 0.216 e. The highest BCUT2D eigenvalue weighted by Crippen LogP contribution is 2.21. The molecule has 0 radical (unpaired) electrons. The van der Waals surface area contributed by atoms with Crippen molar-refractivity contribution in [3.63, 3.8) is 0 Å². The van der Waals surface area contributed by atoms with Gasteiger partial charge in [0.15, 0.2) is 0 Å². The Morgan fingerprint density at radius 3 is 2.50 bits per heavy atom. The number of carbonyl (C=O) groups excluding carboxylic acids is 1. The van der Waals surface area contributed by atoms with Crippen LogP contribution in [0.4, 0.5) is 5.69 Å². The Hall–Kier alpha value is -0.620. The molecular formula is C12H19BrClN3O. The maximum atomic E-state index is 12.1. The third-order valence-corrected chi connectivity index (χ3v) is 3.32. The van der Waals surface area contributed by atoms with Crippen LogP contribution in [0.25, 0.3) is 0 Å². The van der Waals surface area contributed by atoms with E-state index in [0.717, 1.165) is 11.0 Å². The lowest BCUT2D eigenvalue weighted by Crippen LogP contribution is -3.00. The van der Waals surface area contributed by atoms with Gasteiger partial charge in [0.25, 0.3) is 0 Å². The predicted molar refractivity (Wildman–Crippen MR) is 73.8 cm³/mol. The van der Waals surface area contributed by atoms with Crippen molar-refractivity contribution < 1.29 is 21.7 Å². The zero-order valence-electron chi connectivity index (χ0n) is 10.6. The number of nitrogens with zero attached hydrogens (tertiary/aromatic N) is 1. The fourth-order valence-corrected chi connectivity index (χ4v) is 1.99. The normalized spacial score (nSPS) is 10.9. The van der Waals surface area contributed by atoms with Crippen LogP contribution in [0.5, 0.6) is 0 Å². The van der Waals surface area contributed by atoms with Gasteiger partial charge in [0.1, 0.15) is 6.54 Å². The highest BCUT2D eigenvalue weighted by molar-refractivity contribution is 9.10. The molecule has 1 aromatic carbocycles. The first kappa shape index (κ1) is 17.4. The standard InChI is InChI=1S/C12H18BrN3O.ClH/c1-16(2,6-5-14)8-12(17)9-3-4-11(15)10(13)7-9;/h3-4,7H,5-6,8,14H2,1-2H3,(H-,15,17);1H. The number of nitrogen functional groups attached to an aromatic ring is 1. The third-order valence-electron chi connectivity index (χ3n) is 2.63. The van der Waals surface area contributed by atoms with Crippen molar-refractivity contribution in [1.82, 2.24) is 0 Å². The number of anilines is 1. The lowest BCUT2D eigenvalue weighted by atomic mass is 10.1. The van der Waals surface area contributed by atoms with Crippen LogP contribution in [0.15, 0.2) is 22.7 Å². The first-order chi connectivity index (χ1) is 7.85. The molecule has 0 aliphatic carbocycles. The molecule has 0 atom stereocenters. The summed E-state index contributed by atoms with van der Waals surface area (Å²) in [4.78, 5) is 12.1. The van der Waals surface area contributed by atoms with Crippen LogP contribution in [0.3, 0.4) is 0 Å². The number of likely N-dealkylation sites (N-methyl/N-ethyl adjacent to an activating group) is 1. The van der Waals surface area contributed by atoms with Gasteiger partial charge in [-0.3, -0.25) is 4.79 Å². The summed E-state index contributed by atoms with van der Waals surface area (Å²) in [5, 5.41) is 0. The summed E-state index contributed by atoms with van der Waals surface area (Å²) in [6.45, 7) is 1.79. The Bertz CT molecular complexity index is 424. The largest absolute Gasteiger partial charge is 1.00 e. The average molecular weight is 337 g/mol. The summed E-state index contributed by atoms with van der Waals surface area (Å²) in [6, 6.07) is 5.26. The van der Waals surface area contributed by atoms with Crippen LogP contribution in [0.1, 0.15) is 10.4 Å². The quantitative estimate of drug-likeness (QED) is 0.381. The molecule has 0 spiro atoms. The number of hydrogen-bond acceptors (Lipinski definition) is 3. The molecule has 102 valence electrons. The molecule has 0 aromatic heterocycles. The monoisotopic (exact) mass is 335 g/mol. The molecule has 1 rings (SSSR count).